The Bertz CT molecular complexity index is 337. The molecule has 0 radical (unpaired) electrons. The number of hydrogen-bond donors (Lipinski definition) is 3. The Morgan fingerprint density at radius 2 is 2.18 bits per heavy atom. The van der Waals surface area contributed by atoms with Crippen molar-refractivity contribution in [1.82, 2.24) is 14.3 Å². The van der Waals surface area contributed by atoms with Crippen LogP contribution in [0, 0.1) is 5.92 Å². The molecule has 102 valence electrons. The maximum Gasteiger partial charge on any atom is 0.279 e. The fourth-order valence-corrected chi connectivity index (χ4v) is 2.92. The Kier molecular flexibility index (Phi) is 4.91. The molecule has 0 aromatic heterocycles. The van der Waals surface area contributed by atoms with Gasteiger partial charge in [-0.2, -0.15) is 12.7 Å². The van der Waals surface area contributed by atoms with Gasteiger partial charge in [-0.25, -0.2) is 4.72 Å². The fourth-order valence-electron chi connectivity index (χ4n) is 1.75. The highest BCUT2D eigenvalue weighted by Crippen LogP contribution is 2.16. The first-order valence-electron chi connectivity index (χ1n) is 5.89. The summed E-state index contributed by atoms with van der Waals surface area (Å²) in [6.07, 6.45) is 0.580. The van der Waals surface area contributed by atoms with Gasteiger partial charge in [0.2, 0.25) is 0 Å². The summed E-state index contributed by atoms with van der Waals surface area (Å²) in [5.41, 5.74) is -0.943. The van der Waals surface area contributed by atoms with E-state index in [0.29, 0.717) is 19.5 Å². The molecule has 0 saturated carbocycles. The molecule has 0 aromatic rings. The van der Waals surface area contributed by atoms with Crippen molar-refractivity contribution in [2.45, 2.75) is 25.9 Å². The van der Waals surface area contributed by atoms with Gasteiger partial charge in [-0.15, -0.1) is 0 Å². The minimum atomic E-state index is -3.49. The molecule has 0 bridgehead atoms. The first-order chi connectivity index (χ1) is 7.75. The van der Waals surface area contributed by atoms with Crippen molar-refractivity contribution in [3.63, 3.8) is 0 Å². The Labute approximate surface area is 104 Å². The zero-order valence-corrected chi connectivity index (χ0v) is 11.5. The zero-order chi connectivity index (χ0) is 13.1. The summed E-state index contributed by atoms with van der Waals surface area (Å²) in [6.45, 7) is 5.57. The number of nitrogens with one attached hydrogen (secondary N) is 2. The largest absolute Gasteiger partial charge is 0.387 e. The van der Waals surface area contributed by atoms with E-state index < -0.39 is 15.8 Å². The van der Waals surface area contributed by atoms with Gasteiger partial charge in [0.25, 0.3) is 10.2 Å². The number of β-amino-alcohol motifs (C(OH)–C–C–N with tert-alkyl or cyclic N) is 1. The van der Waals surface area contributed by atoms with E-state index >= 15 is 0 Å². The van der Waals surface area contributed by atoms with E-state index in [4.69, 9.17) is 0 Å². The number of aliphatic hydroxyl groups is 1. The topological polar surface area (TPSA) is 81.7 Å². The summed E-state index contributed by atoms with van der Waals surface area (Å²) in [7, 11) is -2.00. The summed E-state index contributed by atoms with van der Waals surface area (Å²) in [5, 5.41) is 13.1. The van der Waals surface area contributed by atoms with Crippen molar-refractivity contribution < 1.29 is 13.5 Å². The molecule has 1 atom stereocenters. The standard InChI is InChI=1S/C10H23N3O3S/c1-9(2)6-12-17(15,16)13(3)8-10(14)4-5-11-7-10/h9,11-12,14H,4-8H2,1-3H3. The molecule has 17 heavy (non-hydrogen) atoms. The molecule has 1 saturated heterocycles. The molecule has 6 nitrogen and oxygen atoms in total. The second-order valence-corrected chi connectivity index (χ2v) is 7.02. The summed E-state index contributed by atoms with van der Waals surface area (Å²) in [4.78, 5) is 0. The highest BCUT2D eigenvalue weighted by molar-refractivity contribution is 7.87. The van der Waals surface area contributed by atoms with Crippen LogP contribution in [0.4, 0.5) is 0 Å². The first kappa shape index (κ1) is 14.8. The molecule has 1 aliphatic heterocycles. The van der Waals surface area contributed by atoms with Crippen LogP contribution in [0.25, 0.3) is 0 Å². The van der Waals surface area contributed by atoms with Gasteiger partial charge in [-0.05, 0) is 18.9 Å². The van der Waals surface area contributed by atoms with Crippen molar-refractivity contribution in [2.75, 3.05) is 33.2 Å². The smallest absolute Gasteiger partial charge is 0.279 e. The normalized spacial score (nSPS) is 26.0. The maximum atomic E-state index is 11.8. The summed E-state index contributed by atoms with van der Waals surface area (Å²) >= 11 is 0. The maximum absolute atomic E-state index is 11.8. The van der Waals surface area contributed by atoms with E-state index in [2.05, 4.69) is 10.0 Å². The lowest BCUT2D eigenvalue weighted by molar-refractivity contribution is 0.0460. The van der Waals surface area contributed by atoms with Gasteiger partial charge in [-0.1, -0.05) is 13.8 Å². The molecule has 1 rings (SSSR count). The Balaban J connectivity index is 2.53. The molecule has 0 spiro atoms. The van der Waals surface area contributed by atoms with Crippen LogP contribution in [-0.4, -0.2) is 56.7 Å². The summed E-state index contributed by atoms with van der Waals surface area (Å²) in [6, 6.07) is 0. The molecule has 0 amide bonds. The highest BCUT2D eigenvalue weighted by Gasteiger charge is 2.35. The third-order valence-electron chi connectivity index (χ3n) is 2.82. The SMILES string of the molecule is CC(C)CNS(=O)(=O)N(C)CC1(O)CCNC1. The predicted octanol–water partition coefficient (Wildman–Crippen LogP) is -0.867. The minimum absolute atomic E-state index is 0.118. The van der Waals surface area contributed by atoms with Crippen LogP contribution in [0.5, 0.6) is 0 Å². The fraction of sp³-hybridized carbons (Fsp3) is 1.00. The van der Waals surface area contributed by atoms with E-state index in [9.17, 15) is 13.5 Å². The molecule has 1 aliphatic rings. The van der Waals surface area contributed by atoms with Gasteiger partial charge in [0.15, 0.2) is 0 Å². The Morgan fingerprint density at radius 1 is 1.53 bits per heavy atom. The lowest BCUT2D eigenvalue weighted by Crippen LogP contribution is -2.49. The van der Waals surface area contributed by atoms with E-state index in [0.717, 1.165) is 6.54 Å². The molecule has 3 N–H and O–H groups in total. The lowest BCUT2D eigenvalue weighted by atomic mass is 10.0. The van der Waals surface area contributed by atoms with Gasteiger partial charge in [0.1, 0.15) is 0 Å². The third-order valence-corrected chi connectivity index (χ3v) is 4.30. The second kappa shape index (κ2) is 5.62. The Morgan fingerprint density at radius 3 is 2.65 bits per heavy atom. The number of nitrogens with zero attached hydrogens (tertiary/aromatic N) is 1. The summed E-state index contributed by atoms with van der Waals surface area (Å²) in [5.74, 6) is 0.259. The molecular weight excluding hydrogens is 242 g/mol. The van der Waals surface area contributed by atoms with E-state index in [-0.39, 0.29) is 12.5 Å². The number of rotatable bonds is 6. The molecule has 1 fully saturated rings. The van der Waals surface area contributed by atoms with Crippen molar-refractivity contribution in [2.24, 2.45) is 5.92 Å². The number of likely N-dealkylation sites (N-methyl/N-ethyl adjacent to an activating group) is 1. The molecule has 0 aliphatic carbocycles. The third kappa shape index (κ3) is 4.51. The van der Waals surface area contributed by atoms with E-state index in [1.165, 1.54) is 11.4 Å². The molecular formula is C10H23N3O3S. The van der Waals surface area contributed by atoms with Crippen LogP contribution in [0.1, 0.15) is 20.3 Å². The molecule has 0 aromatic carbocycles. The molecule has 7 heteroatoms. The van der Waals surface area contributed by atoms with Crippen LogP contribution >= 0.6 is 0 Å². The average molecular weight is 265 g/mol. The van der Waals surface area contributed by atoms with Gasteiger partial charge >= 0.3 is 0 Å². The second-order valence-electron chi connectivity index (χ2n) is 5.15. The lowest BCUT2D eigenvalue weighted by Gasteiger charge is -2.27. The average Bonchev–Trinajstić information content (AvgIpc) is 2.62. The van der Waals surface area contributed by atoms with Crippen LogP contribution in [-0.2, 0) is 10.2 Å². The first-order valence-corrected chi connectivity index (χ1v) is 7.33. The van der Waals surface area contributed by atoms with Gasteiger partial charge in [-0.3, -0.25) is 0 Å². The molecule has 1 heterocycles. The highest BCUT2D eigenvalue weighted by atomic mass is 32.2. The van der Waals surface area contributed by atoms with Gasteiger partial charge < -0.3 is 10.4 Å². The van der Waals surface area contributed by atoms with E-state index in [1.54, 1.807) is 0 Å². The van der Waals surface area contributed by atoms with E-state index in [1.807, 2.05) is 13.8 Å². The van der Waals surface area contributed by atoms with Gasteiger partial charge in [0.05, 0.1) is 5.60 Å². The quantitative estimate of drug-likeness (QED) is 0.583. The van der Waals surface area contributed by atoms with Gasteiger partial charge in [0, 0.05) is 26.7 Å². The summed E-state index contributed by atoms with van der Waals surface area (Å²) < 4.78 is 27.4. The van der Waals surface area contributed by atoms with Crippen molar-refractivity contribution in [3.05, 3.63) is 0 Å². The van der Waals surface area contributed by atoms with Crippen molar-refractivity contribution in [3.8, 4) is 0 Å². The molecule has 1 unspecified atom stereocenters. The number of hydrogen-bond acceptors (Lipinski definition) is 4. The monoisotopic (exact) mass is 265 g/mol. The van der Waals surface area contributed by atoms with Crippen LogP contribution < -0.4 is 10.0 Å². The Hall–Kier alpha value is -0.210. The van der Waals surface area contributed by atoms with Crippen LogP contribution in [0.3, 0.4) is 0 Å². The predicted molar refractivity (Wildman–Crippen MR) is 66.8 cm³/mol. The minimum Gasteiger partial charge on any atom is -0.387 e. The van der Waals surface area contributed by atoms with Crippen molar-refractivity contribution >= 4 is 10.2 Å². The zero-order valence-electron chi connectivity index (χ0n) is 10.7. The van der Waals surface area contributed by atoms with Crippen LogP contribution in [0.2, 0.25) is 0 Å². The van der Waals surface area contributed by atoms with Crippen LogP contribution in [0.15, 0.2) is 0 Å². The van der Waals surface area contributed by atoms with Crippen molar-refractivity contribution in [1.29, 1.82) is 0 Å².